The van der Waals surface area contributed by atoms with E-state index in [2.05, 4.69) is 12.6 Å². The molecule has 1 N–H and O–H groups in total. The maximum atomic E-state index is 10.9. The van der Waals surface area contributed by atoms with Gasteiger partial charge in [-0.1, -0.05) is 30.3 Å². The molecule has 0 spiro atoms. The predicted octanol–water partition coefficient (Wildman–Crippen LogP) is 1.83. The van der Waals surface area contributed by atoms with Crippen LogP contribution in [0.25, 0.3) is 0 Å². The van der Waals surface area contributed by atoms with E-state index in [1.165, 1.54) is 6.92 Å². The molecule has 1 atom stereocenters. The van der Waals surface area contributed by atoms with Crippen LogP contribution in [-0.4, -0.2) is 15.8 Å². The summed E-state index contributed by atoms with van der Waals surface area (Å²) in [5, 5.41) is 9.15. The highest BCUT2D eigenvalue weighted by atomic mass is 32.1. The number of carbonyl (C=O) groups excluding carboxylic acids is 1. The minimum Gasteiger partial charge on any atom is -0.381 e. The van der Waals surface area contributed by atoms with Gasteiger partial charge in [0.2, 0.25) is 5.12 Å². The summed E-state index contributed by atoms with van der Waals surface area (Å²) in [5.41, 5.74) is -0.207. The van der Waals surface area contributed by atoms with Crippen LogP contribution in [0.2, 0.25) is 0 Å². The van der Waals surface area contributed by atoms with Gasteiger partial charge in [-0.15, -0.1) is 12.6 Å². The quantitative estimate of drug-likeness (QED) is 0.744. The lowest BCUT2D eigenvalue weighted by atomic mass is 9.98. The standard InChI is InChI=1S/C11H14O2S/c1-11(13,10(12)14)8-7-9-5-3-2-4-6-9/h2-6,13H,7-8H2,1H3,(H,12,14)/t11-/m0/s1. The number of aryl methyl sites for hydroxylation is 1. The maximum Gasteiger partial charge on any atom is 0.217 e. The van der Waals surface area contributed by atoms with E-state index >= 15 is 0 Å². The van der Waals surface area contributed by atoms with Crippen molar-refractivity contribution in [1.82, 2.24) is 0 Å². The second-order valence-corrected chi connectivity index (χ2v) is 3.97. The smallest absolute Gasteiger partial charge is 0.217 e. The monoisotopic (exact) mass is 210 g/mol. The van der Waals surface area contributed by atoms with E-state index in [4.69, 9.17) is 0 Å². The van der Waals surface area contributed by atoms with E-state index in [9.17, 15) is 9.90 Å². The van der Waals surface area contributed by atoms with Gasteiger partial charge in [0.15, 0.2) is 0 Å². The molecule has 0 unspecified atom stereocenters. The third kappa shape index (κ3) is 3.16. The van der Waals surface area contributed by atoms with E-state index in [0.29, 0.717) is 12.8 Å². The molecule has 2 nitrogen and oxygen atoms in total. The molecule has 0 aliphatic rings. The van der Waals surface area contributed by atoms with Crippen LogP contribution in [0.15, 0.2) is 30.3 Å². The zero-order valence-corrected chi connectivity index (χ0v) is 9.00. The first-order valence-corrected chi connectivity index (χ1v) is 4.97. The van der Waals surface area contributed by atoms with Crippen LogP contribution in [0.3, 0.4) is 0 Å². The van der Waals surface area contributed by atoms with Crippen LogP contribution in [0, 0.1) is 0 Å². The summed E-state index contributed by atoms with van der Waals surface area (Å²) in [5.74, 6) is 0. The predicted molar refractivity (Wildman–Crippen MR) is 59.4 cm³/mol. The van der Waals surface area contributed by atoms with Crippen molar-refractivity contribution in [2.75, 3.05) is 0 Å². The van der Waals surface area contributed by atoms with Crippen LogP contribution in [0.1, 0.15) is 18.9 Å². The van der Waals surface area contributed by atoms with Crippen LogP contribution in [0.5, 0.6) is 0 Å². The minimum atomic E-state index is -1.32. The first kappa shape index (κ1) is 11.3. The summed E-state index contributed by atoms with van der Waals surface area (Å²) >= 11 is 3.64. The van der Waals surface area contributed by atoms with E-state index in [1.807, 2.05) is 30.3 Å². The van der Waals surface area contributed by atoms with Crippen LogP contribution < -0.4 is 0 Å². The van der Waals surface area contributed by atoms with Crippen LogP contribution >= 0.6 is 12.6 Å². The van der Waals surface area contributed by atoms with Crippen LogP contribution in [0.4, 0.5) is 0 Å². The molecule has 0 fully saturated rings. The van der Waals surface area contributed by atoms with E-state index in [1.54, 1.807) is 0 Å². The molecule has 0 saturated heterocycles. The first-order valence-electron chi connectivity index (χ1n) is 4.52. The highest BCUT2D eigenvalue weighted by Crippen LogP contribution is 2.16. The van der Waals surface area contributed by atoms with Gasteiger partial charge in [0.25, 0.3) is 0 Å². The van der Waals surface area contributed by atoms with Gasteiger partial charge in [-0.05, 0) is 25.3 Å². The van der Waals surface area contributed by atoms with E-state index < -0.39 is 10.7 Å². The van der Waals surface area contributed by atoms with E-state index in [-0.39, 0.29) is 0 Å². The third-order valence-electron chi connectivity index (χ3n) is 2.20. The van der Waals surface area contributed by atoms with Crippen LogP contribution in [-0.2, 0) is 11.2 Å². The first-order chi connectivity index (χ1) is 6.52. The number of hydrogen-bond donors (Lipinski definition) is 2. The normalized spacial score (nSPS) is 14.8. The Bertz CT molecular complexity index is 306. The average Bonchev–Trinajstić information content (AvgIpc) is 2.16. The Morgan fingerprint density at radius 2 is 2.00 bits per heavy atom. The average molecular weight is 210 g/mol. The molecule has 0 aliphatic carbocycles. The molecule has 0 aromatic heterocycles. The summed E-state index contributed by atoms with van der Waals surface area (Å²) in [7, 11) is 0. The number of thiol groups is 1. The van der Waals surface area contributed by atoms with Gasteiger partial charge in [0.05, 0.1) is 0 Å². The Kier molecular flexibility index (Phi) is 3.72. The molecular weight excluding hydrogens is 196 g/mol. The second-order valence-electron chi connectivity index (χ2n) is 3.56. The fourth-order valence-electron chi connectivity index (χ4n) is 1.14. The molecule has 1 rings (SSSR count). The van der Waals surface area contributed by atoms with Crippen molar-refractivity contribution in [3.63, 3.8) is 0 Å². The van der Waals surface area contributed by atoms with Crippen molar-refractivity contribution in [2.45, 2.75) is 25.4 Å². The molecule has 1 aromatic carbocycles. The highest BCUT2D eigenvalue weighted by molar-refractivity contribution is 7.96. The summed E-state index contributed by atoms with van der Waals surface area (Å²) in [6.07, 6.45) is 1.08. The van der Waals surface area contributed by atoms with Crippen molar-refractivity contribution < 1.29 is 9.90 Å². The second kappa shape index (κ2) is 4.62. The molecule has 0 saturated carbocycles. The largest absolute Gasteiger partial charge is 0.381 e. The molecule has 0 aliphatic heterocycles. The Morgan fingerprint density at radius 1 is 1.43 bits per heavy atom. The number of aliphatic hydroxyl groups is 1. The number of rotatable bonds is 4. The van der Waals surface area contributed by atoms with Crippen molar-refractivity contribution in [3.8, 4) is 0 Å². The summed E-state index contributed by atoms with van der Waals surface area (Å²) in [6.45, 7) is 1.49. The van der Waals surface area contributed by atoms with Gasteiger partial charge in [0, 0.05) is 0 Å². The van der Waals surface area contributed by atoms with Crippen molar-refractivity contribution in [2.24, 2.45) is 0 Å². The lowest BCUT2D eigenvalue weighted by molar-refractivity contribution is -0.126. The molecule has 0 amide bonds. The van der Waals surface area contributed by atoms with Gasteiger partial charge in [-0.2, -0.15) is 0 Å². The van der Waals surface area contributed by atoms with Crippen molar-refractivity contribution >= 4 is 17.7 Å². The summed E-state index contributed by atoms with van der Waals surface area (Å²) < 4.78 is 0. The zero-order valence-electron chi connectivity index (χ0n) is 8.10. The Balaban J connectivity index is 2.53. The molecule has 3 heteroatoms. The van der Waals surface area contributed by atoms with Crippen molar-refractivity contribution in [3.05, 3.63) is 35.9 Å². The SMILES string of the molecule is C[C@](O)(CCc1ccccc1)C(=O)S. The lowest BCUT2D eigenvalue weighted by Gasteiger charge is -2.18. The Hall–Kier alpha value is -0.800. The number of benzene rings is 1. The van der Waals surface area contributed by atoms with Gasteiger partial charge in [-0.3, -0.25) is 4.79 Å². The van der Waals surface area contributed by atoms with Crippen molar-refractivity contribution in [1.29, 1.82) is 0 Å². The Labute approximate surface area is 89.4 Å². The van der Waals surface area contributed by atoms with Gasteiger partial charge < -0.3 is 5.11 Å². The zero-order chi connectivity index (χ0) is 10.6. The molecule has 0 heterocycles. The molecule has 76 valence electrons. The fraction of sp³-hybridized carbons (Fsp3) is 0.364. The maximum absolute atomic E-state index is 10.9. The Morgan fingerprint density at radius 3 is 2.50 bits per heavy atom. The summed E-state index contributed by atoms with van der Waals surface area (Å²) in [6, 6.07) is 9.75. The molecule has 14 heavy (non-hydrogen) atoms. The molecular formula is C11H14O2S. The number of carbonyl (C=O) groups is 1. The lowest BCUT2D eigenvalue weighted by Crippen LogP contribution is -2.32. The topological polar surface area (TPSA) is 37.3 Å². The molecule has 0 bridgehead atoms. The molecule has 1 aromatic rings. The third-order valence-corrected chi connectivity index (χ3v) is 2.69. The van der Waals surface area contributed by atoms with Gasteiger partial charge in [0.1, 0.15) is 5.60 Å². The van der Waals surface area contributed by atoms with Gasteiger partial charge >= 0.3 is 0 Å². The molecule has 0 radical (unpaired) electrons. The number of hydrogen-bond acceptors (Lipinski definition) is 2. The van der Waals surface area contributed by atoms with Gasteiger partial charge in [-0.25, -0.2) is 0 Å². The highest BCUT2D eigenvalue weighted by Gasteiger charge is 2.26. The minimum absolute atomic E-state index is 0.402. The van der Waals surface area contributed by atoms with E-state index in [0.717, 1.165) is 5.56 Å². The fourth-order valence-corrected chi connectivity index (χ4v) is 1.25. The summed E-state index contributed by atoms with van der Waals surface area (Å²) in [4.78, 5) is 10.9.